The Labute approximate surface area is 165 Å². The number of ether oxygens (including phenoxy) is 1. The molecule has 28 heavy (non-hydrogen) atoms. The quantitative estimate of drug-likeness (QED) is 0.611. The molecule has 4 nitrogen and oxygen atoms in total. The molecule has 0 bridgehead atoms. The predicted molar refractivity (Wildman–Crippen MR) is 107 cm³/mol. The molecule has 0 aliphatic carbocycles. The first-order chi connectivity index (χ1) is 13.6. The van der Waals surface area contributed by atoms with E-state index < -0.39 is 5.82 Å². The zero-order valence-electron chi connectivity index (χ0n) is 16.3. The second kappa shape index (κ2) is 8.15. The van der Waals surface area contributed by atoms with Crippen LogP contribution in [-0.2, 0) is 6.54 Å². The van der Waals surface area contributed by atoms with Crippen molar-refractivity contribution < 1.29 is 13.5 Å². The first kappa shape index (κ1) is 18.7. The SMILES string of the molecule is COc1ccc(-c2nc(CN3CCCC(c4ccccc4)C3)c(C)o2)c(F)c1. The molecular weight excluding hydrogens is 355 g/mol. The molecule has 0 saturated carbocycles. The minimum atomic E-state index is -0.394. The lowest BCUT2D eigenvalue weighted by atomic mass is 9.90. The van der Waals surface area contributed by atoms with Crippen molar-refractivity contribution >= 4 is 0 Å². The topological polar surface area (TPSA) is 38.5 Å². The molecule has 5 heteroatoms. The van der Waals surface area contributed by atoms with E-state index >= 15 is 0 Å². The van der Waals surface area contributed by atoms with Crippen molar-refractivity contribution in [2.45, 2.75) is 32.2 Å². The first-order valence-corrected chi connectivity index (χ1v) is 9.71. The average Bonchev–Trinajstić information content (AvgIpc) is 3.08. The molecule has 0 spiro atoms. The summed E-state index contributed by atoms with van der Waals surface area (Å²) in [6.45, 7) is 4.66. The number of aryl methyl sites for hydroxylation is 1. The van der Waals surface area contributed by atoms with Crippen LogP contribution in [0.25, 0.3) is 11.5 Å². The number of likely N-dealkylation sites (tertiary alicyclic amines) is 1. The third kappa shape index (κ3) is 3.94. The highest BCUT2D eigenvalue weighted by atomic mass is 19.1. The number of nitrogens with zero attached hydrogens (tertiary/aromatic N) is 2. The number of methoxy groups -OCH3 is 1. The van der Waals surface area contributed by atoms with Gasteiger partial charge in [-0.15, -0.1) is 0 Å². The number of rotatable bonds is 5. The zero-order valence-corrected chi connectivity index (χ0v) is 16.3. The monoisotopic (exact) mass is 380 g/mol. The van der Waals surface area contributed by atoms with Gasteiger partial charge in [0.25, 0.3) is 0 Å². The molecule has 146 valence electrons. The number of aromatic nitrogens is 1. The third-order valence-corrected chi connectivity index (χ3v) is 5.45. The van der Waals surface area contributed by atoms with E-state index in [1.165, 1.54) is 25.2 Å². The summed E-state index contributed by atoms with van der Waals surface area (Å²) in [5.74, 6) is 1.69. The molecule has 1 aromatic heterocycles. The van der Waals surface area contributed by atoms with E-state index in [1.54, 1.807) is 12.1 Å². The molecule has 1 aliphatic heterocycles. The van der Waals surface area contributed by atoms with Crippen LogP contribution in [0.2, 0.25) is 0 Å². The van der Waals surface area contributed by atoms with Gasteiger partial charge in [-0.2, -0.15) is 0 Å². The van der Waals surface area contributed by atoms with E-state index in [4.69, 9.17) is 9.15 Å². The van der Waals surface area contributed by atoms with Crippen LogP contribution in [0, 0.1) is 12.7 Å². The summed E-state index contributed by atoms with van der Waals surface area (Å²) in [7, 11) is 1.52. The maximum Gasteiger partial charge on any atom is 0.229 e. The van der Waals surface area contributed by atoms with Gasteiger partial charge in [0.05, 0.1) is 18.4 Å². The Hall–Kier alpha value is -2.66. The van der Waals surface area contributed by atoms with Crippen molar-refractivity contribution in [3.63, 3.8) is 0 Å². The number of hydrogen-bond acceptors (Lipinski definition) is 4. The number of benzene rings is 2. The second-order valence-corrected chi connectivity index (χ2v) is 7.35. The van der Waals surface area contributed by atoms with Crippen molar-refractivity contribution in [2.75, 3.05) is 20.2 Å². The highest BCUT2D eigenvalue weighted by Crippen LogP contribution is 2.30. The molecule has 2 heterocycles. The van der Waals surface area contributed by atoms with E-state index in [0.29, 0.717) is 23.1 Å². The Morgan fingerprint density at radius 3 is 2.79 bits per heavy atom. The smallest absolute Gasteiger partial charge is 0.229 e. The van der Waals surface area contributed by atoms with Gasteiger partial charge in [0, 0.05) is 19.2 Å². The Kier molecular flexibility index (Phi) is 5.44. The summed E-state index contributed by atoms with van der Waals surface area (Å²) in [5.41, 5.74) is 2.62. The van der Waals surface area contributed by atoms with Crippen molar-refractivity contribution in [3.05, 3.63) is 71.4 Å². The van der Waals surface area contributed by atoms with E-state index in [2.05, 4.69) is 40.2 Å². The van der Waals surface area contributed by atoms with Crippen molar-refractivity contribution in [2.24, 2.45) is 0 Å². The second-order valence-electron chi connectivity index (χ2n) is 7.35. The molecule has 1 aliphatic rings. The highest BCUT2D eigenvalue weighted by Gasteiger charge is 2.23. The van der Waals surface area contributed by atoms with Gasteiger partial charge in [-0.25, -0.2) is 9.37 Å². The summed E-state index contributed by atoms with van der Waals surface area (Å²) in [6.07, 6.45) is 2.37. The fourth-order valence-corrected chi connectivity index (χ4v) is 3.89. The predicted octanol–water partition coefficient (Wildman–Crippen LogP) is 5.18. The Morgan fingerprint density at radius 2 is 2.04 bits per heavy atom. The fraction of sp³-hybridized carbons (Fsp3) is 0.348. The number of halogens is 1. The maximum absolute atomic E-state index is 14.4. The molecule has 1 saturated heterocycles. The van der Waals surface area contributed by atoms with E-state index in [9.17, 15) is 4.39 Å². The van der Waals surface area contributed by atoms with Crippen molar-refractivity contribution in [1.29, 1.82) is 0 Å². The lowest BCUT2D eigenvalue weighted by Crippen LogP contribution is -2.34. The molecule has 0 N–H and O–H groups in total. The van der Waals surface area contributed by atoms with Gasteiger partial charge >= 0.3 is 0 Å². The van der Waals surface area contributed by atoms with E-state index in [-0.39, 0.29) is 0 Å². The van der Waals surface area contributed by atoms with Crippen LogP contribution in [0.3, 0.4) is 0 Å². The molecule has 1 fully saturated rings. The summed E-state index contributed by atoms with van der Waals surface area (Å²) >= 11 is 0. The zero-order chi connectivity index (χ0) is 19.5. The largest absolute Gasteiger partial charge is 0.497 e. The van der Waals surface area contributed by atoms with Gasteiger partial charge in [-0.3, -0.25) is 4.90 Å². The Morgan fingerprint density at radius 1 is 1.21 bits per heavy atom. The van der Waals surface area contributed by atoms with Crippen LogP contribution in [0.15, 0.2) is 52.9 Å². The van der Waals surface area contributed by atoms with Crippen LogP contribution in [-0.4, -0.2) is 30.1 Å². The van der Waals surface area contributed by atoms with E-state index in [0.717, 1.165) is 37.5 Å². The maximum atomic E-state index is 14.4. The molecule has 4 rings (SSSR count). The molecule has 0 radical (unpaired) electrons. The molecule has 2 aromatic carbocycles. The van der Waals surface area contributed by atoms with Gasteiger partial charge in [0.1, 0.15) is 17.3 Å². The summed E-state index contributed by atoms with van der Waals surface area (Å²) < 4.78 is 25.2. The summed E-state index contributed by atoms with van der Waals surface area (Å²) in [6, 6.07) is 15.4. The number of oxazole rings is 1. The lowest BCUT2D eigenvalue weighted by Gasteiger charge is -2.32. The number of piperidine rings is 1. The average molecular weight is 380 g/mol. The minimum Gasteiger partial charge on any atom is -0.497 e. The highest BCUT2D eigenvalue weighted by molar-refractivity contribution is 5.56. The first-order valence-electron chi connectivity index (χ1n) is 9.71. The van der Waals surface area contributed by atoms with E-state index in [1.807, 2.05) is 6.92 Å². The van der Waals surface area contributed by atoms with Gasteiger partial charge < -0.3 is 9.15 Å². The fourth-order valence-electron chi connectivity index (χ4n) is 3.89. The lowest BCUT2D eigenvalue weighted by molar-refractivity contribution is 0.197. The van der Waals surface area contributed by atoms with Crippen molar-refractivity contribution in [3.8, 4) is 17.2 Å². The number of hydrogen-bond donors (Lipinski definition) is 0. The normalized spacial score (nSPS) is 17.6. The minimum absolute atomic E-state index is 0.323. The van der Waals surface area contributed by atoms with Crippen LogP contribution in [0.1, 0.15) is 35.8 Å². The molecule has 1 atom stereocenters. The van der Waals surface area contributed by atoms with Crippen LogP contribution in [0.5, 0.6) is 5.75 Å². The molecular formula is C23H25FN2O2. The Bertz CT molecular complexity index is 939. The standard InChI is InChI=1S/C23H25FN2O2/c1-16-22(25-23(28-16)20-11-10-19(27-2)13-21(20)24)15-26-12-6-9-18(14-26)17-7-4-3-5-8-17/h3-5,7-8,10-11,13,18H,6,9,12,14-15H2,1-2H3. The molecule has 3 aromatic rings. The van der Waals surface area contributed by atoms with Crippen LogP contribution >= 0.6 is 0 Å². The van der Waals surface area contributed by atoms with Gasteiger partial charge in [0.2, 0.25) is 5.89 Å². The Balaban J connectivity index is 1.50. The summed E-state index contributed by atoms with van der Waals surface area (Å²) in [5, 5.41) is 0. The third-order valence-electron chi connectivity index (χ3n) is 5.45. The van der Waals surface area contributed by atoms with Crippen molar-refractivity contribution in [1.82, 2.24) is 9.88 Å². The van der Waals surface area contributed by atoms with Crippen LogP contribution in [0.4, 0.5) is 4.39 Å². The summed E-state index contributed by atoms with van der Waals surface area (Å²) in [4.78, 5) is 7.02. The van der Waals surface area contributed by atoms with Gasteiger partial charge in [-0.05, 0) is 49.9 Å². The van der Waals surface area contributed by atoms with Crippen LogP contribution < -0.4 is 4.74 Å². The molecule has 1 unspecified atom stereocenters. The molecule has 0 amide bonds. The van der Waals surface area contributed by atoms with Gasteiger partial charge in [-0.1, -0.05) is 30.3 Å². The van der Waals surface area contributed by atoms with Gasteiger partial charge in [0.15, 0.2) is 0 Å².